The lowest BCUT2D eigenvalue weighted by Crippen LogP contribution is -1.92. The highest BCUT2D eigenvalue weighted by atomic mass is 14.2. The van der Waals surface area contributed by atoms with Gasteiger partial charge in [0.05, 0.1) is 0 Å². The molecule has 13 aromatic rings. The van der Waals surface area contributed by atoms with E-state index in [1.807, 2.05) is 0 Å². The number of fused-ring (bicyclic) bond motifs is 5. The Balaban J connectivity index is 1.06. The SMILES string of the molecule is c1ccc2c(-c3c4ccccc4c(-c4ccc(-c5cc6ccc7cccc8c9cccc%10ccc%11cccc(c(c5)c6c78)c%11c%109)cc4)c4ccccc34)cccc2c1. The van der Waals surface area contributed by atoms with Crippen molar-refractivity contribution < 1.29 is 0 Å². The molecular weight excluding hydrogens is 697 g/mol. The minimum Gasteiger partial charge on any atom is -0.0616 e. The summed E-state index contributed by atoms with van der Waals surface area (Å²) in [7, 11) is 0. The van der Waals surface area contributed by atoms with E-state index in [4.69, 9.17) is 0 Å². The predicted octanol–water partition coefficient (Wildman–Crippen LogP) is 16.5. The van der Waals surface area contributed by atoms with Gasteiger partial charge in [0.15, 0.2) is 0 Å². The van der Waals surface area contributed by atoms with Gasteiger partial charge in [-0.05, 0) is 142 Å². The molecule has 0 aliphatic carbocycles. The van der Waals surface area contributed by atoms with Crippen molar-refractivity contribution in [1.82, 2.24) is 0 Å². The molecule has 0 aliphatic rings. The topological polar surface area (TPSA) is 0 Å². The minimum absolute atomic E-state index is 1.21. The van der Waals surface area contributed by atoms with Gasteiger partial charge in [-0.2, -0.15) is 0 Å². The molecule has 0 nitrogen and oxygen atoms in total. The van der Waals surface area contributed by atoms with Crippen molar-refractivity contribution in [2.45, 2.75) is 0 Å². The molecule has 0 fully saturated rings. The van der Waals surface area contributed by atoms with Gasteiger partial charge in [0, 0.05) is 0 Å². The molecule has 0 aliphatic heterocycles. The maximum atomic E-state index is 2.46. The molecule has 0 unspecified atom stereocenters. The van der Waals surface area contributed by atoms with Gasteiger partial charge in [0.25, 0.3) is 0 Å². The maximum absolute atomic E-state index is 2.46. The van der Waals surface area contributed by atoms with Gasteiger partial charge in [0.1, 0.15) is 0 Å². The van der Waals surface area contributed by atoms with E-state index in [1.54, 1.807) is 0 Å². The van der Waals surface area contributed by atoms with E-state index in [0.29, 0.717) is 0 Å². The molecule has 0 bridgehead atoms. The lowest BCUT2D eigenvalue weighted by molar-refractivity contribution is 1.64. The molecule has 58 heavy (non-hydrogen) atoms. The molecule has 0 aromatic heterocycles. The highest BCUT2D eigenvalue weighted by Crippen LogP contribution is 2.47. The molecule has 0 spiro atoms. The van der Waals surface area contributed by atoms with E-state index in [0.717, 1.165) is 0 Å². The third-order valence-electron chi connectivity index (χ3n) is 12.9. The summed E-state index contributed by atoms with van der Waals surface area (Å²) in [6, 6.07) is 77.2. The second-order valence-corrected chi connectivity index (χ2v) is 15.9. The van der Waals surface area contributed by atoms with Crippen molar-refractivity contribution in [3.05, 3.63) is 206 Å². The third-order valence-corrected chi connectivity index (χ3v) is 12.9. The van der Waals surface area contributed by atoms with Crippen LogP contribution in [0.5, 0.6) is 0 Å². The Morgan fingerprint density at radius 3 is 1.17 bits per heavy atom. The molecule has 13 rings (SSSR count). The fraction of sp³-hybridized carbons (Fsp3) is 0. The molecule has 0 heterocycles. The first-order valence-electron chi connectivity index (χ1n) is 20.3. The van der Waals surface area contributed by atoms with Crippen LogP contribution >= 0.6 is 0 Å². The Labute approximate surface area is 335 Å². The standard InChI is InChI=1S/C58H34/c1-2-16-43-36(11-1)12-7-21-44(43)58-49-19-5-3-17-45(49)53(46-18-4-6-20-50(46)58)40-27-25-35(26-28-40)42-33-41-32-31-39-14-9-23-48-47-22-8-13-37-29-30-38-15-10-24-51(56(38)54(37)47)52(34-42)57(41)55(39)48/h1-34H. The number of hydrogen-bond donors (Lipinski definition) is 0. The predicted molar refractivity (Wildman–Crippen MR) is 251 cm³/mol. The molecule has 0 amide bonds. The van der Waals surface area contributed by atoms with E-state index < -0.39 is 0 Å². The van der Waals surface area contributed by atoms with Crippen LogP contribution in [0.2, 0.25) is 0 Å². The van der Waals surface area contributed by atoms with Crippen molar-refractivity contribution in [2.75, 3.05) is 0 Å². The number of hydrogen-bond acceptors (Lipinski definition) is 0. The molecular formula is C58H34. The highest BCUT2D eigenvalue weighted by molar-refractivity contribution is 6.37. The van der Waals surface area contributed by atoms with E-state index in [1.165, 1.54) is 130 Å². The second kappa shape index (κ2) is 12.0. The average molecular weight is 731 g/mol. The quantitative estimate of drug-likeness (QED) is 0.125. The van der Waals surface area contributed by atoms with Crippen molar-refractivity contribution in [3.8, 4) is 33.4 Å². The van der Waals surface area contributed by atoms with Gasteiger partial charge >= 0.3 is 0 Å². The average Bonchev–Trinajstić information content (AvgIpc) is 3.29. The Bertz CT molecular complexity index is 3760. The summed E-state index contributed by atoms with van der Waals surface area (Å²) in [5.41, 5.74) is 7.51. The smallest absolute Gasteiger partial charge is 0.00199 e. The highest BCUT2D eigenvalue weighted by Gasteiger charge is 2.19. The summed E-state index contributed by atoms with van der Waals surface area (Å²) in [4.78, 5) is 0. The van der Waals surface area contributed by atoms with Gasteiger partial charge in [-0.3, -0.25) is 0 Å². The summed E-state index contributed by atoms with van der Waals surface area (Å²) in [6.45, 7) is 0. The first-order chi connectivity index (χ1) is 28.8. The van der Waals surface area contributed by atoms with Crippen LogP contribution in [0.4, 0.5) is 0 Å². The van der Waals surface area contributed by atoms with Crippen LogP contribution in [-0.4, -0.2) is 0 Å². The summed E-state index contributed by atoms with van der Waals surface area (Å²) < 4.78 is 0. The van der Waals surface area contributed by atoms with Crippen LogP contribution in [0, 0.1) is 0 Å². The minimum atomic E-state index is 1.21. The Kier molecular flexibility index (Phi) is 6.54. The van der Waals surface area contributed by atoms with Crippen LogP contribution in [0.3, 0.4) is 0 Å². The summed E-state index contributed by atoms with van der Waals surface area (Å²) in [6.07, 6.45) is 0. The zero-order valence-electron chi connectivity index (χ0n) is 31.6. The van der Waals surface area contributed by atoms with E-state index in [-0.39, 0.29) is 0 Å². The maximum Gasteiger partial charge on any atom is -0.00199 e. The summed E-state index contributed by atoms with van der Waals surface area (Å²) in [5, 5.41) is 23.3. The van der Waals surface area contributed by atoms with Gasteiger partial charge in [-0.1, -0.05) is 194 Å². The Morgan fingerprint density at radius 1 is 0.190 bits per heavy atom. The molecule has 0 heteroatoms. The normalized spacial score (nSPS) is 12.1. The van der Waals surface area contributed by atoms with Crippen molar-refractivity contribution >= 4 is 97.0 Å². The van der Waals surface area contributed by atoms with Gasteiger partial charge in [0.2, 0.25) is 0 Å². The van der Waals surface area contributed by atoms with Crippen molar-refractivity contribution in [3.63, 3.8) is 0 Å². The number of rotatable bonds is 3. The second-order valence-electron chi connectivity index (χ2n) is 15.9. The van der Waals surface area contributed by atoms with Gasteiger partial charge in [-0.15, -0.1) is 0 Å². The van der Waals surface area contributed by atoms with Gasteiger partial charge < -0.3 is 0 Å². The lowest BCUT2D eigenvalue weighted by Gasteiger charge is -2.19. The van der Waals surface area contributed by atoms with Crippen molar-refractivity contribution in [1.29, 1.82) is 0 Å². The van der Waals surface area contributed by atoms with Crippen LogP contribution in [0.25, 0.3) is 130 Å². The number of benzene rings is 12. The summed E-state index contributed by atoms with van der Waals surface area (Å²) >= 11 is 0. The Morgan fingerprint density at radius 2 is 0.586 bits per heavy atom. The first kappa shape index (κ1) is 31.6. The zero-order valence-corrected chi connectivity index (χ0v) is 31.6. The fourth-order valence-electron chi connectivity index (χ4n) is 10.5. The van der Waals surface area contributed by atoms with E-state index in [2.05, 4.69) is 206 Å². The molecule has 0 saturated carbocycles. The zero-order chi connectivity index (χ0) is 37.9. The van der Waals surface area contributed by atoms with Crippen LogP contribution in [-0.2, 0) is 0 Å². The fourth-order valence-corrected chi connectivity index (χ4v) is 10.5. The molecule has 0 atom stereocenters. The van der Waals surface area contributed by atoms with Crippen LogP contribution in [0.1, 0.15) is 0 Å². The van der Waals surface area contributed by atoms with Crippen LogP contribution < -0.4 is 0 Å². The Hall–Kier alpha value is -7.54. The lowest BCUT2D eigenvalue weighted by atomic mass is 9.84. The third kappa shape index (κ3) is 4.40. The summed E-state index contributed by atoms with van der Waals surface area (Å²) in [5.74, 6) is 0. The van der Waals surface area contributed by atoms with Gasteiger partial charge in [-0.25, -0.2) is 0 Å². The van der Waals surface area contributed by atoms with E-state index in [9.17, 15) is 0 Å². The van der Waals surface area contributed by atoms with E-state index >= 15 is 0 Å². The van der Waals surface area contributed by atoms with Crippen molar-refractivity contribution in [2.24, 2.45) is 0 Å². The molecule has 13 aromatic carbocycles. The molecule has 0 N–H and O–H groups in total. The molecule has 0 radical (unpaired) electrons. The first-order valence-corrected chi connectivity index (χ1v) is 20.3. The molecule has 266 valence electrons. The monoisotopic (exact) mass is 730 g/mol. The largest absolute Gasteiger partial charge is 0.0616 e. The van der Waals surface area contributed by atoms with Crippen LogP contribution in [0.15, 0.2) is 206 Å². The molecule has 0 saturated heterocycles.